The number of hydrogen-bond donors (Lipinski definition) is 2. The molecule has 0 atom stereocenters. The summed E-state index contributed by atoms with van der Waals surface area (Å²) in [5, 5.41) is 13.0. The predicted octanol–water partition coefficient (Wildman–Crippen LogP) is 2.03. The van der Waals surface area contributed by atoms with Gasteiger partial charge < -0.3 is 5.11 Å². The van der Waals surface area contributed by atoms with Gasteiger partial charge >= 0.3 is 5.97 Å². The molecule has 0 saturated carbocycles. The molecule has 0 unspecified atom stereocenters. The van der Waals surface area contributed by atoms with Crippen molar-refractivity contribution in [3.05, 3.63) is 36.0 Å². The SMILES string of the molecule is Cc1cc(N/N=C\C(=O)O)c2ccccc2n1. The van der Waals surface area contributed by atoms with Crippen molar-refractivity contribution in [3.8, 4) is 0 Å². The number of carbonyl (C=O) groups is 1. The van der Waals surface area contributed by atoms with Gasteiger partial charge in [-0.25, -0.2) is 4.79 Å². The number of fused-ring (bicyclic) bond motifs is 1. The highest BCUT2D eigenvalue weighted by molar-refractivity contribution is 6.22. The van der Waals surface area contributed by atoms with Gasteiger partial charge in [0.1, 0.15) is 6.21 Å². The topological polar surface area (TPSA) is 74.6 Å². The number of benzene rings is 1. The van der Waals surface area contributed by atoms with E-state index in [1.165, 1.54) is 0 Å². The first-order valence-corrected chi connectivity index (χ1v) is 5.05. The Morgan fingerprint density at radius 1 is 1.47 bits per heavy atom. The predicted molar refractivity (Wildman–Crippen MR) is 66.2 cm³/mol. The number of nitrogens with one attached hydrogen (secondary N) is 1. The summed E-state index contributed by atoms with van der Waals surface area (Å²) in [6.07, 6.45) is 0.810. The molecule has 5 nitrogen and oxygen atoms in total. The molecule has 0 aliphatic carbocycles. The highest BCUT2D eigenvalue weighted by Gasteiger charge is 2.02. The standard InChI is InChI=1S/C12H11N3O2/c1-8-6-11(15-13-7-12(16)17)9-4-2-3-5-10(9)14-8/h2-7H,1H3,(H,14,15)(H,16,17)/b13-7-. The molecule has 0 aliphatic rings. The van der Waals surface area contributed by atoms with E-state index in [2.05, 4.69) is 15.5 Å². The first-order chi connectivity index (χ1) is 8.16. The number of rotatable bonds is 3. The van der Waals surface area contributed by atoms with E-state index in [1.54, 1.807) is 0 Å². The van der Waals surface area contributed by atoms with Crippen molar-refractivity contribution in [2.75, 3.05) is 5.43 Å². The number of carboxylic acid groups (broad SMARTS) is 1. The zero-order chi connectivity index (χ0) is 12.3. The summed E-state index contributed by atoms with van der Waals surface area (Å²) < 4.78 is 0. The molecule has 1 aromatic carbocycles. The summed E-state index contributed by atoms with van der Waals surface area (Å²) in [6.45, 7) is 1.87. The third-order valence-corrected chi connectivity index (χ3v) is 2.20. The van der Waals surface area contributed by atoms with Crippen LogP contribution in [0.15, 0.2) is 35.4 Å². The van der Waals surface area contributed by atoms with Crippen LogP contribution in [-0.4, -0.2) is 22.3 Å². The Hall–Kier alpha value is -2.43. The third-order valence-electron chi connectivity index (χ3n) is 2.20. The van der Waals surface area contributed by atoms with Crippen molar-refractivity contribution in [1.82, 2.24) is 4.98 Å². The average Bonchev–Trinajstić information content (AvgIpc) is 2.28. The Bertz CT molecular complexity index is 593. The number of aromatic nitrogens is 1. The van der Waals surface area contributed by atoms with Crippen LogP contribution >= 0.6 is 0 Å². The molecule has 2 rings (SSSR count). The summed E-state index contributed by atoms with van der Waals surface area (Å²) in [5.41, 5.74) is 5.14. The van der Waals surface area contributed by atoms with Gasteiger partial charge in [0.25, 0.3) is 0 Å². The molecular formula is C12H11N3O2. The van der Waals surface area contributed by atoms with E-state index in [1.807, 2.05) is 37.3 Å². The molecule has 0 amide bonds. The molecule has 0 aliphatic heterocycles. The van der Waals surface area contributed by atoms with Crippen LogP contribution in [-0.2, 0) is 4.79 Å². The van der Waals surface area contributed by atoms with Gasteiger partial charge in [-0.15, -0.1) is 0 Å². The van der Waals surface area contributed by atoms with Crippen molar-refractivity contribution in [2.45, 2.75) is 6.92 Å². The average molecular weight is 229 g/mol. The van der Waals surface area contributed by atoms with Crippen LogP contribution < -0.4 is 5.43 Å². The summed E-state index contributed by atoms with van der Waals surface area (Å²) in [7, 11) is 0. The van der Waals surface area contributed by atoms with Crippen LogP contribution in [0.5, 0.6) is 0 Å². The molecule has 17 heavy (non-hydrogen) atoms. The second-order valence-electron chi connectivity index (χ2n) is 3.54. The van der Waals surface area contributed by atoms with Crippen molar-refractivity contribution < 1.29 is 9.90 Å². The second-order valence-corrected chi connectivity index (χ2v) is 3.54. The molecule has 2 N–H and O–H groups in total. The fourth-order valence-corrected chi connectivity index (χ4v) is 1.56. The molecule has 86 valence electrons. The van der Waals surface area contributed by atoms with Crippen molar-refractivity contribution in [3.63, 3.8) is 0 Å². The number of nitrogens with zero attached hydrogens (tertiary/aromatic N) is 2. The van der Waals surface area contributed by atoms with Crippen LogP contribution in [0.1, 0.15) is 5.69 Å². The molecule has 0 radical (unpaired) electrons. The minimum Gasteiger partial charge on any atom is -0.477 e. The number of aryl methyl sites for hydroxylation is 1. The van der Waals surface area contributed by atoms with Gasteiger partial charge in [-0.3, -0.25) is 10.4 Å². The van der Waals surface area contributed by atoms with Crippen LogP contribution in [0.25, 0.3) is 10.9 Å². The lowest BCUT2D eigenvalue weighted by atomic mass is 10.1. The Kier molecular flexibility index (Phi) is 3.00. The number of anilines is 1. The smallest absolute Gasteiger partial charge is 0.348 e. The number of hydrogen-bond acceptors (Lipinski definition) is 4. The summed E-state index contributed by atoms with van der Waals surface area (Å²) in [6, 6.07) is 9.42. The molecule has 0 bridgehead atoms. The van der Waals surface area contributed by atoms with Gasteiger partial charge in [0.05, 0.1) is 11.2 Å². The number of carboxylic acids is 1. The normalized spacial score (nSPS) is 10.9. The van der Waals surface area contributed by atoms with E-state index in [-0.39, 0.29) is 0 Å². The van der Waals surface area contributed by atoms with E-state index >= 15 is 0 Å². The van der Waals surface area contributed by atoms with Crippen LogP contribution in [0, 0.1) is 6.92 Å². The fourth-order valence-electron chi connectivity index (χ4n) is 1.56. The van der Waals surface area contributed by atoms with Crippen LogP contribution in [0.2, 0.25) is 0 Å². The van der Waals surface area contributed by atoms with Crippen LogP contribution in [0.4, 0.5) is 5.69 Å². The third kappa shape index (κ3) is 2.57. The van der Waals surface area contributed by atoms with Gasteiger partial charge in [0, 0.05) is 11.1 Å². The van der Waals surface area contributed by atoms with E-state index in [9.17, 15) is 4.79 Å². The van der Waals surface area contributed by atoms with Crippen LogP contribution in [0.3, 0.4) is 0 Å². The number of pyridine rings is 1. The Morgan fingerprint density at radius 2 is 2.24 bits per heavy atom. The molecule has 5 heteroatoms. The fraction of sp³-hybridized carbons (Fsp3) is 0.0833. The number of aliphatic carboxylic acids is 1. The molecule has 1 aromatic heterocycles. The van der Waals surface area contributed by atoms with Gasteiger partial charge in [-0.05, 0) is 19.1 Å². The summed E-state index contributed by atoms with van der Waals surface area (Å²) in [4.78, 5) is 14.7. The lowest BCUT2D eigenvalue weighted by Crippen LogP contribution is -1.99. The molecular weight excluding hydrogens is 218 g/mol. The first kappa shape index (κ1) is 11.1. The molecule has 0 saturated heterocycles. The van der Waals surface area contributed by atoms with E-state index in [0.717, 1.165) is 28.5 Å². The van der Waals surface area contributed by atoms with Gasteiger partial charge in [0.15, 0.2) is 0 Å². The second kappa shape index (κ2) is 4.61. The van der Waals surface area contributed by atoms with Crippen molar-refractivity contribution in [2.24, 2.45) is 5.10 Å². The minimum absolute atomic E-state index is 0.741. The monoisotopic (exact) mass is 229 g/mol. The quantitative estimate of drug-likeness (QED) is 0.623. The lowest BCUT2D eigenvalue weighted by molar-refractivity contribution is -0.128. The lowest BCUT2D eigenvalue weighted by Gasteiger charge is -2.06. The summed E-state index contributed by atoms with van der Waals surface area (Å²) >= 11 is 0. The number of hydrazone groups is 1. The Morgan fingerprint density at radius 3 is 3.00 bits per heavy atom. The molecule has 2 aromatic rings. The highest BCUT2D eigenvalue weighted by Crippen LogP contribution is 2.22. The first-order valence-electron chi connectivity index (χ1n) is 5.05. The molecule has 1 heterocycles. The zero-order valence-electron chi connectivity index (χ0n) is 9.21. The largest absolute Gasteiger partial charge is 0.477 e. The van der Waals surface area contributed by atoms with Gasteiger partial charge in [-0.2, -0.15) is 5.10 Å². The van der Waals surface area contributed by atoms with Crippen molar-refractivity contribution in [1.29, 1.82) is 0 Å². The van der Waals surface area contributed by atoms with Gasteiger partial charge in [-0.1, -0.05) is 18.2 Å². The van der Waals surface area contributed by atoms with E-state index in [0.29, 0.717) is 0 Å². The Labute approximate surface area is 97.8 Å². The van der Waals surface area contributed by atoms with Crippen molar-refractivity contribution >= 4 is 28.8 Å². The highest BCUT2D eigenvalue weighted by atomic mass is 16.4. The van der Waals surface area contributed by atoms with Gasteiger partial charge in [0.2, 0.25) is 0 Å². The maximum absolute atomic E-state index is 10.3. The molecule has 0 fully saturated rings. The summed E-state index contributed by atoms with van der Waals surface area (Å²) in [5.74, 6) is -1.09. The maximum Gasteiger partial charge on any atom is 0.348 e. The molecule has 0 spiro atoms. The Balaban J connectivity index is 2.42. The van der Waals surface area contributed by atoms with E-state index < -0.39 is 5.97 Å². The zero-order valence-corrected chi connectivity index (χ0v) is 9.21. The van der Waals surface area contributed by atoms with E-state index in [4.69, 9.17) is 5.11 Å². The number of para-hydroxylation sites is 1. The maximum atomic E-state index is 10.3. The minimum atomic E-state index is -1.09.